The average molecular weight is 269 g/mol. The van der Waals surface area contributed by atoms with E-state index in [-0.39, 0.29) is 5.91 Å². The second-order valence-electron chi connectivity index (χ2n) is 5.05. The summed E-state index contributed by atoms with van der Waals surface area (Å²) in [6.07, 6.45) is 1.65. The molecule has 2 rings (SSSR count). The summed E-state index contributed by atoms with van der Waals surface area (Å²) in [5.74, 6) is 0.671. The summed E-state index contributed by atoms with van der Waals surface area (Å²) < 4.78 is 0. The van der Waals surface area contributed by atoms with E-state index in [4.69, 9.17) is 0 Å². The van der Waals surface area contributed by atoms with Gasteiger partial charge in [-0.1, -0.05) is 17.7 Å². The lowest BCUT2D eigenvalue weighted by atomic mass is 10.1. The Morgan fingerprint density at radius 3 is 2.35 bits per heavy atom. The number of rotatable bonds is 4. The maximum absolute atomic E-state index is 12.0. The van der Waals surface area contributed by atoms with E-state index in [0.29, 0.717) is 17.3 Å². The number of nitrogens with one attached hydrogen (secondary N) is 2. The van der Waals surface area contributed by atoms with Crippen molar-refractivity contribution in [2.45, 2.75) is 26.8 Å². The summed E-state index contributed by atoms with van der Waals surface area (Å²) in [6.45, 7) is 6.09. The van der Waals surface area contributed by atoms with Crippen LogP contribution in [-0.2, 0) is 0 Å². The number of carbonyl (C=O) groups is 1. The van der Waals surface area contributed by atoms with Crippen molar-refractivity contribution in [1.82, 2.24) is 4.98 Å². The molecule has 4 nitrogen and oxygen atoms in total. The molecule has 0 spiro atoms. The van der Waals surface area contributed by atoms with Crippen LogP contribution in [0, 0.1) is 6.92 Å². The van der Waals surface area contributed by atoms with Gasteiger partial charge in [-0.15, -0.1) is 0 Å². The van der Waals surface area contributed by atoms with Gasteiger partial charge < -0.3 is 10.6 Å². The Labute approximate surface area is 119 Å². The smallest absolute Gasteiger partial charge is 0.255 e. The van der Waals surface area contributed by atoms with Crippen molar-refractivity contribution < 1.29 is 4.79 Å². The predicted octanol–water partition coefficient (Wildman–Crippen LogP) is 3.46. The van der Waals surface area contributed by atoms with Gasteiger partial charge in [-0.3, -0.25) is 4.79 Å². The van der Waals surface area contributed by atoms with Gasteiger partial charge in [-0.2, -0.15) is 0 Å². The maximum Gasteiger partial charge on any atom is 0.255 e. The maximum atomic E-state index is 12.0. The standard InChI is InChI=1S/C16H19N3O/c1-11(2)18-15-9-8-14(10-17-15)19-16(20)13-6-4-12(3)5-7-13/h4-11H,1-3H3,(H,17,18)(H,19,20). The second-order valence-corrected chi connectivity index (χ2v) is 5.05. The molecule has 0 atom stereocenters. The number of aromatic nitrogens is 1. The number of amides is 1. The number of nitrogens with zero attached hydrogens (tertiary/aromatic N) is 1. The molecule has 0 fully saturated rings. The molecule has 0 aliphatic rings. The van der Waals surface area contributed by atoms with Gasteiger partial charge in [0.1, 0.15) is 5.82 Å². The minimum absolute atomic E-state index is 0.128. The lowest BCUT2D eigenvalue weighted by Crippen LogP contribution is -2.13. The first-order chi connectivity index (χ1) is 9.54. The van der Waals surface area contributed by atoms with Crippen LogP contribution < -0.4 is 10.6 Å². The van der Waals surface area contributed by atoms with Crippen LogP contribution in [0.15, 0.2) is 42.6 Å². The average Bonchev–Trinajstić information content (AvgIpc) is 2.41. The molecule has 104 valence electrons. The zero-order valence-electron chi connectivity index (χ0n) is 12.0. The highest BCUT2D eigenvalue weighted by Gasteiger charge is 2.06. The third kappa shape index (κ3) is 3.82. The van der Waals surface area contributed by atoms with Crippen LogP contribution in [0.2, 0.25) is 0 Å². The van der Waals surface area contributed by atoms with Crippen LogP contribution in [0.4, 0.5) is 11.5 Å². The molecule has 0 saturated heterocycles. The molecule has 4 heteroatoms. The molecule has 1 amide bonds. The summed E-state index contributed by atoms with van der Waals surface area (Å²) >= 11 is 0. The van der Waals surface area contributed by atoms with Crippen LogP contribution in [0.25, 0.3) is 0 Å². The van der Waals surface area contributed by atoms with Crippen LogP contribution in [0.3, 0.4) is 0 Å². The number of hydrogen-bond acceptors (Lipinski definition) is 3. The molecular weight excluding hydrogens is 250 g/mol. The minimum Gasteiger partial charge on any atom is -0.368 e. The zero-order chi connectivity index (χ0) is 14.5. The van der Waals surface area contributed by atoms with E-state index < -0.39 is 0 Å². The minimum atomic E-state index is -0.128. The van der Waals surface area contributed by atoms with E-state index in [1.165, 1.54) is 0 Å². The lowest BCUT2D eigenvalue weighted by molar-refractivity contribution is 0.102. The van der Waals surface area contributed by atoms with Gasteiger partial charge in [-0.25, -0.2) is 4.98 Å². The predicted molar refractivity (Wildman–Crippen MR) is 82.1 cm³/mol. The number of pyridine rings is 1. The molecule has 0 bridgehead atoms. The Kier molecular flexibility index (Phi) is 4.35. The van der Waals surface area contributed by atoms with Crippen molar-refractivity contribution in [3.63, 3.8) is 0 Å². The topological polar surface area (TPSA) is 54.0 Å². The molecule has 0 aliphatic heterocycles. The highest BCUT2D eigenvalue weighted by Crippen LogP contribution is 2.12. The van der Waals surface area contributed by atoms with E-state index in [1.54, 1.807) is 6.20 Å². The third-order valence-corrected chi connectivity index (χ3v) is 2.77. The Bertz CT molecular complexity index is 574. The number of anilines is 2. The van der Waals surface area contributed by atoms with E-state index >= 15 is 0 Å². The molecule has 20 heavy (non-hydrogen) atoms. The van der Waals surface area contributed by atoms with Crippen molar-refractivity contribution in [2.75, 3.05) is 10.6 Å². The monoisotopic (exact) mass is 269 g/mol. The normalized spacial score (nSPS) is 10.4. The fourth-order valence-corrected chi connectivity index (χ4v) is 1.76. The van der Waals surface area contributed by atoms with Crippen LogP contribution in [0.5, 0.6) is 0 Å². The van der Waals surface area contributed by atoms with E-state index in [2.05, 4.69) is 29.5 Å². The fourth-order valence-electron chi connectivity index (χ4n) is 1.76. The van der Waals surface area contributed by atoms with Crippen LogP contribution in [0.1, 0.15) is 29.8 Å². The van der Waals surface area contributed by atoms with Gasteiger partial charge in [-0.05, 0) is 45.0 Å². The van der Waals surface area contributed by atoms with Gasteiger partial charge in [0.25, 0.3) is 5.91 Å². The summed E-state index contributed by atoms with van der Waals surface area (Å²) in [5.41, 5.74) is 2.46. The highest BCUT2D eigenvalue weighted by molar-refractivity contribution is 6.04. The summed E-state index contributed by atoms with van der Waals surface area (Å²) in [5, 5.41) is 6.03. The van der Waals surface area contributed by atoms with Gasteiger partial charge in [0.05, 0.1) is 11.9 Å². The summed E-state index contributed by atoms with van der Waals surface area (Å²) in [6, 6.07) is 11.5. The Morgan fingerprint density at radius 1 is 1.10 bits per heavy atom. The largest absolute Gasteiger partial charge is 0.368 e. The van der Waals surface area contributed by atoms with Gasteiger partial charge in [0, 0.05) is 11.6 Å². The molecule has 1 aromatic carbocycles. The second kappa shape index (κ2) is 6.19. The molecule has 1 aromatic heterocycles. The molecule has 0 radical (unpaired) electrons. The van der Waals surface area contributed by atoms with Crippen molar-refractivity contribution in [1.29, 1.82) is 0 Å². The molecule has 0 saturated carbocycles. The molecule has 1 heterocycles. The van der Waals surface area contributed by atoms with Gasteiger partial charge in [0.2, 0.25) is 0 Å². The first kappa shape index (κ1) is 14.1. The summed E-state index contributed by atoms with van der Waals surface area (Å²) in [7, 11) is 0. The highest BCUT2D eigenvalue weighted by atomic mass is 16.1. The number of aryl methyl sites for hydroxylation is 1. The zero-order valence-corrected chi connectivity index (χ0v) is 12.0. The molecular formula is C16H19N3O. The van der Waals surface area contributed by atoms with Crippen molar-refractivity contribution in [2.24, 2.45) is 0 Å². The molecule has 2 N–H and O–H groups in total. The first-order valence-electron chi connectivity index (χ1n) is 6.65. The number of carbonyl (C=O) groups excluding carboxylic acids is 1. The van der Waals surface area contributed by atoms with E-state index in [1.807, 2.05) is 43.3 Å². The van der Waals surface area contributed by atoms with Crippen molar-refractivity contribution in [3.05, 3.63) is 53.7 Å². The van der Waals surface area contributed by atoms with Crippen LogP contribution in [-0.4, -0.2) is 16.9 Å². The first-order valence-corrected chi connectivity index (χ1v) is 6.65. The van der Waals surface area contributed by atoms with Crippen LogP contribution >= 0.6 is 0 Å². The SMILES string of the molecule is Cc1ccc(C(=O)Nc2ccc(NC(C)C)nc2)cc1. The Morgan fingerprint density at radius 2 is 1.80 bits per heavy atom. The van der Waals surface area contributed by atoms with Crippen molar-refractivity contribution >= 4 is 17.4 Å². The number of benzene rings is 1. The summed E-state index contributed by atoms with van der Waals surface area (Å²) in [4.78, 5) is 16.3. The number of hydrogen-bond donors (Lipinski definition) is 2. The molecule has 2 aromatic rings. The molecule has 0 aliphatic carbocycles. The quantitative estimate of drug-likeness (QED) is 0.893. The lowest BCUT2D eigenvalue weighted by Gasteiger charge is -2.10. The van der Waals surface area contributed by atoms with E-state index in [9.17, 15) is 4.79 Å². The Hall–Kier alpha value is -2.36. The van der Waals surface area contributed by atoms with E-state index in [0.717, 1.165) is 11.4 Å². The van der Waals surface area contributed by atoms with Gasteiger partial charge >= 0.3 is 0 Å². The third-order valence-electron chi connectivity index (χ3n) is 2.77. The van der Waals surface area contributed by atoms with Crippen molar-refractivity contribution in [3.8, 4) is 0 Å². The van der Waals surface area contributed by atoms with Gasteiger partial charge in [0.15, 0.2) is 0 Å². The Balaban J connectivity index is 2.02. The fraction of sp³-hybridized carbons (Fsp3) is 0.250. The molecule has 0 unspecified atom stereocenters.